The van der Waals surface area contributed by atoms with Crippen molar-refractivity contribution in [1.29, 1.82) is 0 Å². The Morgan fingerprint density at radius 1 is 1.07 bits per heavy atom. The first-order chi connectivity index (χ1) is 13.3. The fourth-order valence-corrected chi connectivity index (χ4v) is 4.53. The van der Waals surface area contributed by atoms with Gasteiger partial charge < -0.3 is 9.52 Å². The Kier molecular flexibility index (Phi) is 6.04. The number of hydrogen-bond acceptors (Lipinski definition) is 5. The SMILES string of the molecule is OCC[C@H]1CN(Cc2cccc(-c3ccco3)c2)CCN1Cc1ccsc1. The van der Waals surface area contributed by atoms with Crippen LogP contribution in [0.5, 0.6) is 0 Å². The van der Waals surface area contributed by atoms with Gasteiger partial charge in [0.1, 0.15) is 5.76 Å². The average molecular weight is 383 g/mol. The second kappa shape index (κ2) is 8.85. The van der Waals surface area contributed by atoms with E-state index in [1.54, 1.807) is 17.6 Å². The quantitative estimate of drug-likeness (QED) is 0.668. The maximum Gasteiger partial charge on any atom is 0.133 e. The van der Waals surface area contributed by atoms with Crippen LogP contribution in [-0.2, 0) is 13.1 Å². The molecule has 4 rings (SSSR count). The van der Waals surface area contributed by atoms with E-state index in [1.807, 2.05) is 12.1 Å². The number of nitrogens with zero attached hydrogens (tertiary/aromatic N) is 2. The number of furan rings is 1. The number of hydrogen-bond donors (Lipinski definition) is 1. The van der Waals surface area contributed by atoms with E-state index in [-0.39, 0.29) is 6.61 Å². The van der Waals surface area contributed by atoms with Crippen LogP contribution in [0.1, 0.15) is 17.5 Å². The molecule has 1 N–H and O–H groups in total. The van der Waals surface area contributed by atoms with E-state index >= 15 is 0 Å². The maximum absolute atomic E-state index is 9.53. The number of thiophene rings is 1. The molecule has 5 heteroatoms. The van der Waals surface area contributed by atoms with E-state index in [0.717, 1.165) is 50.5 Å². The van der Waals surface area contributed by atoms with Gasteiger partial charge in [-0.25, -0.2) is 0 Å². The molecule has 0 radical (unpaired) electrons. The van der Waals surface area contributed by atoms with Gasteiger partial charge in [-0.05, 0) is 52.6 Å². The molecule has 0 unspecified atom stereocenters. The van der Waals surface area contributed by atoms with Gasteiger partial charge in [0.15, 0.2) is 0 Å². The van der Waals surface area contributed by atoms with Crippen LogP contribution < -0.4 is 0 Å². The first kappa shape index (κ1) is 18.4. The largest absolute Gasteiger partial charge is 0.464 e. The minimum atomic E-state index is 0.243. The summed E-state index contributed by atoms with van der Waals surface area (Å²) in [4.78, 5) is 5.03. The summed E-state index contributed by atoms with van der Waals surface area (Å²) in [6, 6.07) is 15.1. The molecule has 1 atom stereocenters. The summed E-state index contributed by atoms with van der Waals surface area (Å²) in [5, 5.41) is 13.9. The highest BCUT2D eigenvalue weighted by Crippen LogP contribution is 2.23. The zero-order chi connectivity index (χ0) is 18.5. The molecule has 0 spiro atoms. The van der Waals surface area contributed by atoms with E-state index in [0.29, 0.717) is 6.04 Å². The number of aliphatic hydroxyl groups excluding tert-OH is 1. The Balaban J connectivity index is 1.41. The van der Waals surface area contributed by atoms with Gasteiger partial charge in [-0.3, -0.25) is 9.80 Å². The Morgan fingerprint density at radius 2 is 2.04 bits per heavy atom. The van der Waals surface area contributed by atoms with Gasteiger partial charge in [-0.1, -0.05) is 18.2 Å². The van der Waals surface area contributed by atoms with Gasteiger partial charge in [-0.2, -0.15) is 11.3 Å². The van der Waals surface area contributed by atoms with Crippen LogP contribution in [0.4, 0.5) is 0 Å². The zero-order valence-electron chi connectivity index (χ0n) is 15.5. The standard InChI is InChI=1S/C22H26N2O2S/c25-10-6-21-16-23(8-9-24(21)15-19-7-12-27-17-19)14-18-3-1-4-20(13-18)22-5-2-11-26-22/h1-5,7,11-13,17,21,25H,6,8-10,14-16H2/t21-/m0/s1. The third kappa shape index (κ3) is 4.68. The normalized spacial score (nSPS) is 18.8. The van der Waals surface area contributed by atoms with E-state index in [1.165, 1.54) is 11.1 Å². The lowest BCUT2D eigenvalue weighted by molar-refractivity contribution is 0.0500. The second-order valence-electron chi connectivity index (χ2n) is 7.18. The van der Waals surface area contributed by atoms with Gasteiger partial charge in [-0.15, -0.1) is 0 Å². The molecule has 0 bridgehead atoms. The Hall–Kier alpha value is -1.92. The fraction of sp³-hybridized carbons (Fsp3) is 0.364. The van der Waals surface area contributed by atoms with Crippen LogP contribution >= 0.6 is 11.3 Å². The van der Waals surface area contributed by atoms with Crippen molar-refractivity contribution in [2.45, 2.75) is 25.6 Å². The van der Waals surface area contributed by atoms with Crippen molar-refractivity contribution in [1.82, 2.24) is 9.80 Å². The van der Waals surface area contributed by atoms with Crippen LogP contribution in [0.2, 0.25) is 0 Å². The molecule has 2 aromatic heterocycles. The number of benzene rings is 1. The van der Waals surface area contributed by atoms with Crippen molar-refractivity contribution in [3.63, 3.8) is 0 Å². The van der Waals surface area contributed by atoms with E-state index in [4.69, 9.17) is 4.42 Å². The third-order valence-corrected chi connectivity index (χ3v) is 5.99. The van der Waals surface area contributed by atoms with Crippen molar-refractivity contribution in [2.75, 3.05) is 26.2 Å². The molecule has 1 fully saturated rings. The molecule has 142 valence electrons. The van der Waals surface area contributed by atoms with Gasteiger partial charge in [0.2, 0.25) is 0 Å². The summed E-state index contributed by atoms with van der Waals surface area (Å²) in [5.41, 5.74) is 3.81. The van der Waals surface area contributed by atoms with E-state index < -0.39 is 0 Å². The summed E-state index contributed by atoms with van der Waals surface area (Å²) in [7, 11) is 0. The molecule has 3 heterocycles. The lowest BCUT2D eigenvalue weighted by Crippen LogP contribution is -2.52. The summed E-state index contributed by atoms with van der Waals surface area (Å²) in [6.07, 6.45) is 2.54. The number of aliphatic hydroxyl groups is 1. The molecule has 0 saturated carbocycles. The smallest absolute Gasteiger partial charge is 0.133 e. The number of piperazine rings is 1. The predicted molar refractivity (Wildman–Crippen MR) is 110 cm³/mol. The van der Waals surface area contributed by atoms with Crippen LogP contribution in [0, 0.1) is 0 Å². The van der Waals surface area contributed by atoms with E-state index in [2.05, 4.69) is 50.9 Å². The lowest BCUT2D eigenvalue weighted by atomic mass is 10.1. The Morgan fingerprint density at radius 3 is 2.81 bits per heavy atom. The van der Waals surface area contributed by atoms with Crippen molar-refractivity contribution in [3.05, 3.63) is 70.6 Å². The minimum absolute atomic E-state index is 0.243. The Labute approximate surface area is 164 Å². The molecule has 1 aromatic carbocycles. The van der Waals surface area contributed by atoms with Crippen molar-refractivity contribution >= 4 is 11.3 Å². The molecule has 1 aliphatic rings. The number of rotatable bonds is 7. The van der Waals surface area contributed by atoms with Crippen molar-refractivity contribution in [3.8, 4) is 11.3 Å². The molecule has 4 nitrogen and oxygen atoms in total. The summed E-state index contributed by atoms with van der Waals surface area (Å²) < 4.78 is 5.53. The first-order valence-electron chi connectivity index (χ1n) is 9.53. The highest BCUT2D eigenvalue weighted by molar-refractivity contribution is 7.07. The van der Waals surface area contributed by atoms with Crippen LogP contribution in [0.25, 0.3) is 11.3 Å². The van der Waals surface area contributed by atoms with Crippen molar-refractivity contribution in [2.24, 2.45) is 0 Å². The third-order valence-electron chi connectivity index (χ3n) is 5.26. The van der Waals surface area contributed by atoms with Gasteiger partial charge >= 0.3 is 0 Å². The van der Waals surface area contributed by atoms with Gasteiger partial charge in [0.05, 0.1) is 6.26 Å². The predicted octanol–water partition coefficient (Wildman–Crippen LogP) is 4.08. The molecular weight excluding hydrogens is 356 g/mol. The van der Waals surface area contributed by atoms with E-state index in [9.17, 15) is 5.11 Å². The topological polar surface area (TPSA) is 39.9 Å². The fourth-order valence-electron chi connectivity index (χ4n) is 3.87. The maximum atomic E-state index is 9.53. The monoisotopic (exact) mass is 382 g/mol. The average Bonchev–Trinajstić information content (AvgIpc) is 3.38. The second-order valence-corrected chi connectivity index (χ2v) is 7.96. The van der Waals surface area contributed by atoms with Gasteiger partial charge in [0, 0.05) is 50.9 Å². The summed E-state index contributed by atoms with van der Waals surface area (Å²) in [5.74, 6) is 0.913. The summed E-state index contributed by atoms with van der Waals surface area (Å²) >= 11 is 1.75. The lowest BCUT2D eigenvalue weighted by Gasteiger charge is -2.41. The molecule has 0 aliphatic carbocycles. The van der Waals surface area contributed by atoms with Crippen LogP contribution in [0.3, 0.4) is 0 Å². The highest BCUT2D eigenvalue weighted by atomic mass is 32.1. The van der Waals surface area contributed by atoms with Crippen LogP contribution in [-0.4, -0.2) is 47.2 Å². The molecule has 1 aliphatic heterocycles. The van der Waals surface area contributed by atoms with Gasteiger partial charge in [0.25, 0.3) is 0 Å². The highest BCUT2D eigenvalue weighted by Gasteiger charge is 2.26. The molecule has 3 aromatic rings. The molecule has 27 heavy (non-hydrogen) atoms. The summed E-state index contributed by atoms with van der Waals surface area (Å²) in [6.45, 7) is 5.25. The zero-order valence-corrected chi connectivity index (χ0v) is 16.3. The van der Waals surface area contributed by atoms with Crippen molar-refractivity contribution < 1.29 is 9.52 Å². The molecular formula is C22H26N2O2S. The minimum Gasteiger partial charge on any atom is -0.464 e. The first-order valence-corrected chi connectivity index (χ1v) is 10.5. The molecule has 0 amide bonds. The Bertz CT molecular complexity index is 817. The molecule has 1 saturated heterocycles. The van der Waals surface area contributed by atoms with Crippen LogP contribution in [0.15, 0.2) is 63.9 Å².